The number of hydrogen-bond acceptors (Lipinski definition) is 6. The van der Waals surface area contributed by atoms with Crippen molar-refractivity contribution in [3.63, 3.8) is 0 Å². The fourth-order valence-electron chi connectivity index (χ4n) is 2.70. The first-order valence-corrected chi connectivity index (χ1v) is 11.4. The van der Waals surface area contributed by atoms with Gasteiger partial charge in [-0.2, -0.15) is 0 Å². The zero-order valence-corrected chi connectivity index (χ0v) is 18.7. The van der Waals surface area contributed by atoms with Crippen LogP contribution in [0.15, 0.2) is 71.6 Å². The highest BCUT2D eigenvalue weighted by Crippen LogP contribution is 2.24. The molecule has 3 aromatic rings. The molecule has 0 aliphatic carbocycles. The van der Waals surface area contributed by atoms with E-state index in [0.29, 0.717) is 0 Å². The zero-order valence-electron chi connectivity index (χ0n) is 16.4. The summed E-state index contributed by atoms with van der Waals surface area (Å²) in [5, 5.41) is 10.4. The van der Waals surface area contributed by atoms with E-state index >= 15 is 0 Å². The van der Waals surface area contributed by atoms with Crippen LogP contribution in [0.4, 0.5) is 0 Å². The number of carbonyl (C=O) groups excluding carboxylic acids is 2. The van der Waals surface area contributed by atoms with Gasteiger partial charge in [-0.1, -0.05) is 53.5 Å². The molecule has 166 valence electrons. The molecule has 0 aliphatic rings. The highest BCUT2D eigenvalue weighted by Gasteiger charge is 2.21. The molecule has 0 aromatic heterocycles. The van der Waals surface area contributed by atoms with Gasteiger partial charge in [-0.15, -0.1) is 0 Å². The summed E-state index contributed by atoms with van der Waals surface area (Å²) in [5.74, 6) is -2.18. The van der Waals surface area contributed by atoms with Crippen molar-refractivity contribution in [3.8, 4) is 5.75 Å². The van der Waals surface area contributed by atoms with Gasteiger partial charge in [0.2, 0.25) is 15.8 Å². The number of benzene rings is 3. The number of Topliss-reactive ketones (excluding diaryl/α,β-unsaturated/α-hetero) is 1. The molecule has 7 nitrogen and oxygen atoms in total. The summed E-state index contributed by atoms with van der Waals surface area (Å²) < 4.78 is 32.5. The van der Waals surface area contributed by atoms with Gasteiger partial charge in [0.1, 0.15) is 11.3 Å². The Morgan fingerprint density at radius 1 is 0.938 bits per heavy atom. The predicted octanol–water partition coefficient (Wildman–Crippen LogP) is 4.22. The van der Waals surface area contributed by atoms with E-state index in [1.165, 1.54) is 18.2 Å². The standard InChI is InChI=1S/C22H17Cl2NO6S/c23-15-6-8-19(24)17(10-15)21(27)13-31-22(28)18-11-16(7-9-20(18)26)32(29,30)25-12-14-4-2-1-3-5-14/h1-11,25-26H,12-13H2. The third-order valence-electron chi connectivity index (χ3n) is 4.37. The van der Waals surface area contributed by atoms with Crippen molar-refractivity contribution in [2.24, 2.45) is 0 Å². The Kier molecular flexibility index (Phi) is 7.52. The lowest BCUT2D eigenvalue weighted by atomic mass is 10.1. The minimum Gasteiger partial charge on any atom is -0.507 e. The minimum absolute atomic E-state index is 0.0404. The highest BCUT2D eigenvalue weighted by atomic mass is 35.5. The average Bonchev–Trinajstić information content (AvgIpc) is 2.78. The van der Waals surface area contributed by atoms with Crippen molar-refractivity contribution in [1.82, 2.24) is 4.72 Å². The molecular weight excluding hydrogens is 477 g/mol. The largest absolute Gasteiger partial charge is 0.507 e. The summed E-state index contributed by atoms with van der Waals surface area (Å²) in [6.45, 7) is -0.639. The summed E-state index contributed by atoms with van der Waals surface area (Å²) in [5.41, 5.74) is 0.405. The van der Waals surface area contributed by atoms with Crippen LogP contribution < -0.4 is 4.72 Å². The van der Waals surface area contributed by atoms with Gasteiger partial charge in [-0.05, 0) is 42.0 Å². The molecule has 0 bridgehead atoms. The van der Waals surface area contributed by atoms with Gasteiger partial charge in [-0.25, -0.2) is 17.9 Å². The minimum atomic E-state index is -3.98. The summed E-state index contributed by atoms with van der Waals surface area (Å²) in [7, 11) is -3.98. The second-order valence-corrected chi connectivity index (χ2v) is 9.22. The van der Waals surface area contributed by atoms with E-state index in [9.17, 15) is 23.1 Å². The Hall–Kier alpha value is -2.91. The fraction of sp³-hybridized carbons (Fsp3) is 0.0909. The van der Waals surface area contributed by atoms with Crippen molar-refractivity contribution >= 4 is 45.0 Å². The number of aromatic hydroxyl groups is 1. The van der Waals surface area contributed by atoms with Crippen LogP contribution in [-0.2, 0) is 21.3 Å². The molecule has 2 N–H and O–H groups in total. The van der Waals surface area contributed by atoms with Gasteiger partial charge in [-0.3, -0.25) is 4.79 Å². The van der Waals surface area contributed by atoms with Crippen LogP contribution in [0.2, 0.25) is 10.0 Å². The van der Waals surface area contributed by atoms with Gasteiger partial charge in [0.05, 0.1) is 9.92 Å². The summed E-state index contributed by atoms with van der Waals surface area (Å²) in [6, 6.07) is 16.3. The predicted molar refractivity (Wildman–Crippen MR) is 120 cm³/mol. The van der Waals surface area contributed by atoms with Crippen molar-refractivity contribution in [3.05, 3.63) is 93.5 Å². The molecule has 0 saturated heterocycles. The summed E-state index contributed by atoms with van der Waals surface area (Å²) in [4.78, 5) is 24.5. The molecule has 0 heterocycles. The number of carbonyl (C=O) groups is 2. The van der Waals surface area contributed by atoms with Gasteiger partial charge in [0.25, 0.3) is 0 Å². The first-order valence-electron chi connectivity index (χ1n) is 9.19. The molecule has 0 amide bonds. The van der Waals surface area contributed by atoms with Crippen LogP contribution in [0.1, 0.15) is 26.3 Å². The fourth-order valence-corrected chi connectivity index (χ4v) is 4.14. The maximum absolute atomic E-state index is 12.6. The lowest BCUT2D eigenvalue weighted by molar-refractivity contribution is 0.0471. The number of halogens is 2. The molecule has 32 heavy (non-hydrogen) atoms. The van der Waals surface area contributed by atoms with Crippen LogP contribution in [0.5, 0.6) is 5.75 Å². The lowest BCUT2D eigenvalue weighted by Crippen LogP contribution is -2.23. The molecule has 0 aliphatic heterocycles. The molecule has 0 saturated carbocycles. The van der Waals surface area contributed by atoms with Crippen molar-refractivity contribution in [1.29, 1.82) is 0 Å². The van der Waals surface area contributed by atoms with E-state index in [1.807, 2.05) is 0 Å². The van der Waals surface area contributed by atoms with Crippen LogP contribution in [0.3, 0.4) is 0 Å². The molecule has 3 aromatic carbocycles. The topological polar surface area (TPSA) is 110 Å². The number of nitrogens with one attached hydrogen (secondary N) is 1. The Morgan fingerprint density at radius 3 is 2.38 bits per heavy atom. The van der Waals surface area contributed by atoms with Crippen LogP contribution in [0, 0.1) is 0 Å². The van der Waals surface area contributed by atoms with Gasteiger partial charge in [0, 0.05) is 17.1 Å². The number of hydrogen-bond donors (Lipinski definition) is 2. The monoisotopic (exact) mass is 493 g/mol. The SMILES string of the molecule is O=C(OCC(=O)c1cc(Cl)ccc1Cl)c1cc(S(=O)(=O)NCc2ccccc2)ccc1O. The van der Waals surface area contributed by atoms with E-state index in [-0.39, 0.29) is 27.0 Å². The first-order chi connectivity index (χ1) is 15.2. The van der Waals surface area contributed by atoms with Crippen LogP contribution in [-0.4, -0.2) is 31.9 Å². The third-order valence-corrected chi connectivity index (χ3v) is 6.33. The van der Waals surface area contributed by atoms with E-state index < -0.39 is 39.7 Å². The second-order valence-electron chi connectivity index (χ2n) is 6.61. The van der Waals surface area contributed by atoms with Crippen LogP contribution >= 0.6 is 23.2 Å². The maximum Gasteiger partial charge on any atom is 0.342 e. The number of ketones is 1. The molecule has 0 unspecified atom stereocenters. The highest BCUT2D eigenvalue weighted by molar-refractivity contribution is 7.89. The smallest absolute Gasteiger partial charge is 0.342 e. The molecule has 0 fully saturated rings. The molecule has 0 radical (unpaired) electrons. The van der Waals surface area contributed by atoms with Crippen molar-refractivity contribution in [2.45, 2.75) is 11.4 Å². The number of phenolic OH excluding ortho intramolecular Hbond substituents is 1. The molecule has 10 heteroatoms. The van der Waals surface area contributed by atoms with E-state index in [4.69, 9.17) is 27.9 Å². The normalized spacial score (nSPS) is 11.2. The Labute approximate surface area is 194 Å². The van der Waals surface area contributed by atoms with Gasteiger partial charge >= 0.3 is 5.97 Å². The number of phenols is 1. The Bertz CT molecular complexity index is 1260. The first kappa shape index (κ1) is 23.7. The Balaban J connectivity index is 1.72. The number of ether oxygens (including phenoxy) is 1. The van der Waals surface area contributed by atoms with E-state index in [0.717, 1.165) is 23.8 Å². The molecular formula is C22H17Cl2NO6S. The van der Waals surface area contributed by atoms with Crippen LogP contribution in [0.25, 0.3) is 0 Å². The quantitative estimate of drug-likeness (QED) is 0.359. The lowest BCUT2D eigenvalue weighted by Gasteiger charge is -2.10. The summed E-state index contributed by atoms with van der Waals surface area (Å²) >= 11 is 11.8. The Morgan fingerprint density at radius 2 is 1.66 bits per heavy atom. The third kappa shape index (κ3) is 5.86. The van der Waals surface area contributed by atoms with Gasteiger partial charge < -0.3 is 9.84 Å². The number of esters is 1. The number of rotatable bonds is 8. The summed E-state index contributed by atoms with van der Waals surface area (Å²) in [6.07, 6.45) is 0. The van der Waals surface area contributed by atoms with E-state index in [1.54, 1.807) is 30.3 Å². The number of sulfonamides is 1. The van der Waals surface area contributed by atoms with Crippen molar-refractivity contribution < 1.29 is 27.9 Å². The van der Waals surface area contributed by atoms with E-state index in [2.05, 4.69) is 4.72 Å². The molecule has 3 rings (SSSR count). The molecule has 0 spiro atoms. The van der Waals surface area contributed by atoms with Crippen molar-refractivity contribution in [2.75, 3.05) is 6.61 Å². The zero-order chi connectivity index (χ0) is 23.3. The van der Waals surface area contributed by atoms with Gasteiger partial charge in [0.15, 0.2) is 6.61 Å². The average molecular weight is 494 g/mol. The molecule has 0 atom stereocenters. The maximum atomic E-state index is 12.6. The second kappa shape index (κ2) is 10.1.